The van der Waals surface area contributed by atoms with E-state index in [0.717, 1.165) is 5.56 Å². The molecule has 2 aromatic carbocycles. The molecule has 0 aliphatic rings. The molecule has 3 N–H and O–H groups in total. The average Bonchev–Trinajstić information content (AvgIpc) is 2.60. The van der Waals surface area contributed by atoms with Crippen molar-refractivity contribution in [2.45, 2.75) is 19.4 Å². The summed E-state index contributed by atoms with van der Waals surface area (Å²) < 4.78 is 0. The highest BCUT2D eigenvalue weighted by atomic mass is 16.2. The molecule has 0 bridgehead atoms. The molecule has 2 rings (SSSR count). The normalized spacial score (nSPS) is 11.2. The van der Waals surface area contributed by atoms with Gasteiger partial charge in [-0.15, -0.1) is 0 Å². The van der Waals surface area contributed by atoms with Crippen LogP contribution in [0.1, 0.15) is 22.8 Å². The maximum absolute atomic E-state index is 12.3. The van der Waals surface area contributed by atoms with E-state index in [-0.39, 0.29) is 5.91 Å². The number of rotatable bonds is 5. The van der Waals surface area contributed by atoms with E-state index >= 15 is 0 Å². The minimum atomic E-state index is -0.813. The molecule has 1 atom stereocenters. The zero-order valence-corrected chi connectivity index (χ0v) is 13.3. The molecule has 0 aromatic heterocycles. The Morgan fingerprint density at radius 2 is 1.46 bits per heavy atom. The van der Waals surface area contributed by atoms with Gasteiger partial charge in [-0.25, -0.2) is 0 Å². The number of hydrogen-bond acceptors (Lipinski definition) is 3. The fourth-order valence-corrected chi connectivity index (χ4v) is 2.13. The smallest absolute Gasteiger partial charge is 0.261 e. The van der Waals surface area contributed by atoms with Gasteiger partial charge in [0, 0.05) is 18.9 Å². The highest BCUT2D eigenvalue weighted by Crippen LogP contribution is 2.05. The molecule has 0 heterocycles. The maximum atomic E-state index is 12.3. The van der Waals surface area contributed by atoms with E-state index in [0.29, 0.717) is 12.0 Å². The van der Waals surface area contributed by atoms with Gasteiger partial charge in [0.2, 0.25) is 5.91 Å². The first kappa shape index (κ1) is 17.2. The molecular formula is C18H19N3O3. The average molecular weight is 325 g/mol. The van der Waals surface area contributed by atoms with Gasteiger partial charge < -0.3 is 5.32 Å². The van der Waals surface area contributed by atoms with Crippen molar-refractivity contribution in [2.24, 2.45) is 0 Å². The van der Waals surface area contributed by atoms with E-state index in [1.807, 2.05) is 36.4 Å². The van der Waals surface area contributed by atoms with Crippen LogP contribution < -0.4 is 16.2 Å². The summed E-state index contributed by atoms with van der Waals surface area (Å²) >= 11 is 0. The van der Waals surface area contributed by atoms with E-state index < -0.39 is 17.9 Å². The van der Waals surface area contributed by atoms with Gasteiger partial charge in [0.05, 0.1) is 0 Å². The van der Waals surface area contributed by atoms with Crippen molar-refractivity contribution in [1.82, 2.24) is 16.2 Å². The highest BCUT2D eigenvalue weighted by Gasteiger charge is 2.22. The third-order valence-electron chi connectivity index (χ3n) is 3.30. The van der Waals surface area contributed by atoms with Crippen LogP contribution in [0.2, 0.25) is 0 Å². The summed E-state index contributed by atoms with van der Waals surface area (Å²) in [5.74, 6) is -1.23. The molecule has 24 heavy (non-hydrogen) atoms. The van der Waals surface area contributed by atoms with Crippen molar-refractivity contribution in [3.05, 3.63) is 71.8 Å². The minimum Gasteiger partial charge on any atom is -0.340 e. The third kappa shape index (κ3) is 5.24. The van der Waals surface area contributed by atoms with Crippen LogP contribution in [0.3, 0.4) is 0 Å². The number of hydrogen-bond donors (Lipinski definition) is 3. The van der Waals surface area contributed by atoms with Crippen LogP contribution in [0.5, 0.6) is 0 Å². The standard InChI is InChI=1S/C18H19N3O3/c1-13(22)20-21-18(24)16(12-14-8-4-2-5-9-14)19-17(23)15-10-6-3-7-11-15/h2-11,16H,12H2,1H3,(H,19,23)(H,20,22)(H,21,24). The first-order chi connectivity index (χ1) is 11.6. The van der Waals surface area contributed by atoms with Crippen LogP contribution in [-0.2, 0) is 16.0 Å². The Bertz CT molecular complexity index is 702. The van der Waals surface area contributed by atoms with E-state index in [1.165, 1.54) is 6.92 Å². The van der Waals surface area contributed by atoms with Crippen molar-refractivity contribution >= 4 is 17.7 Å². The molecule has 6 heteroatoms. The Hall–Kier alpha value is -3.15. The number of nitrogens with one attached hydrogen (secondary N) is 3. The van der Waals surface area contributed by atoms with Gasteiger partial charge in [-0.05, 0) is 17.7 Å². The molecule has 2 aromatic rings. The Morgan fingerprint density at radius 3 is 2.04 bits per heavy atom. The van der Waals surface area contributed by atoms with Gasteiger partial charge in [0.25, 0.3) is 11.8 Å². The van der Waals surface area contributed by atoms with E-state index in [2.05, 4.69) is 16.2 Å². The van der Waals surface area contributed by atoms with Crippen molar-refractivity contribution in [3.8, 4) is 0 Å². The summed E-state index contributed by atoms with van der Waals surface area (Å²) in [7, 11) is 0. The number of carbonyl (C=O) groups excluding carboxylic acids is 3. The Balaban J connectivity index is 2.11. The van der Waals surface area contributed by atoms with Crippen LogP contribution >= 0.6 is 0 Å². The molecular weight excluding hydrogens is 306 g/mol. The van der Waals surface area contributed by atoms with Gasteiger partial charge in [-0.3, -0.25) is 25.2 Å². The summed E-state index contributed by atoms with van der Waals surface area (Å²) in [4.78, 5) is 35.5. The van der Waals surface area contributed by atoms with E-state index in [4.69, 9.17) is 0 Å². The molecule has 1 unspecified atom stereocenters. The SMILES string of the molecule is CC(=O)NNC(=O)C(Cc1ccccc1)NC(=O)c1ccccc1. The summed E-state index contributed by atoms with van der Waals surface area (Å²) in [5, 5.41) is 2.70. The second-order valence-corrected chi connectivity index (χ2v) is 5.25. The fourth-order valence-electron chi connectivity index (χ4n) is 2.13. The van der Waals surface area contributed by atoms with Crippen molar-refractivity contribution in [3.63, 3.8) is 0 Å². The van der Waals surface area contributed by atoms with Crippen molar-refractivity contribution < 1.29 is 14.4 Å². The van der Waals surface area contributed by atoms with Gasteiger partial charge in [-0.1, -0.05) is 48.5 Å². The summed E-state index contributed by atoms with van der Waals surface area (Å²) in [6.45, 7) is 1.29. The number of amides is 3. The molecule has 3 amide bonds. The second kappa shape index (κ2) is 8.47. The molecule has 6 nitrogen and oxygen atoms in total. The zero-order chi connectivity index (χ0) is 17.4. The molecule has 0 spiro atoms. The summed E-state index contributed by atoms with van der Waals surface area (Å²) in [6.07, 6.45) is 0.310. The molecule has 0 fully saturated rings. The third-order valence-corrected chi connectivity index (χ3v) is 3.30. The van der Waals surface area contributed by atoms with Gasteiger partial charge >= 0.3 is 0 Å². The monoisotopic (exact) mass is 325 g/mol. The van der Waals surface area contributed by atoms with E-state index in [1.54, 1.807) is 24.3 Å². The lowest BCUT2D eigenvalue weighted by atomic mass is 10.0. The summed E-state index contributed by atoms with van der Waals surface area (Å²) in [6, 6.07) is 17.2. The number of hydrazine groups is 1. The Labute approximate surface area is 140 Å². The fraction of sp³-hybridized carbons (Fsp3) is 0.167. The number of benzene rings is 2. The van der Waals surface area contributed by atoms with Crippen LogP contribution in [0.15, 0.2) is 60.7 Å². The lowest BCUT2D eigenvalue weighted by Gasteiger charge is -2.18. The first-order valence-corrected chi connectivity index (χ1v) is 7.52. The molecule has 0 aliphatic carbocycles. The van der Waals surface area contributed by atoms with Crippen molar-refractivity contribution in [2.75, 3.05) is 0 Å². The predicted molar refractivity (Wildman–Crippen MR) is 89.8 cm³/mol. The lowest BCUT2D eigenvalue weighted by molar-refractivity contribution is -0.129. The predicted octanol–water partition coefficient (Wildman–Crippen LogP) is 1.19. The van der Waals surface area contributed by atoms with Crippen LogP contribution in [-0.4, -0.2) is 23.8 Å². The maximum Gasteiger partial charge on any atom is 0.261 e. The molecule has 0 saturated heterocycles. The Kier molecular flexibility index (Phi) is 6.08. The molecule has 0 radical (unpaired) electrons. The zero-order valence-electron chi connectivity index (χ0n) is 13.3. The molecule has 0 saturated carbocycles. The van der Waals surface area contributed by atoms with Gasteiger partial charge in [0.1, 0.15) is 6.04 Å². The lowest BCUT2D eigenvalue weighted by Crippen LogP contribution is -2.52. The highest BCUT2D eigenvalue weighted by molar-refractivity contribution is 5.97. The largest absolute Gasteiger partial charge is 0.340 e. The minimum absolute atomic E-state index is 0.310. The summed E-state index contributed by atoms with van der Waals surface area (Å²) in [5.41, 5.74) is 5.90. The topological polar surface area (TPSA) is 87.3 Å². The molecule has 124 valence electrons. The van der Waals surface area contributed by atoms with Gasteiger partial charge in [-0.2, -0.15) is 0 Å². The van der Waals surface area contributed by atoms with Crippen LogP contribution in [0, 0.1) is 0 Å². The first-order valence-electron chi connectivity index (χ1n) is 7.52. The quantitative estimate of drug-likeness (QED) is 0.722. The second-order valence-electron chi connectivity index (χ2n) is 5.25. The molecule has 0 aliphatic heterocycles. The van der Waals surface area contributed by atoms with E-state index in [9.17, 15) is 14.4 Å². The van der Waals surface area contributed by atoms with Crippen LogP contribution in [0.4, 0.5) is 0 Å². The number of carbonyl (C=O) groups is 3. The Morgan fingerprint density at radius 1 is 0.875 bits per heavy atom. The van der Waals surface area contributed by atoms with Crippen molar-refractivity contribution in [1.29, 1.82) is 0 Å². The van der Waals surface area contributed by atoms with Crippen LogP contribution in [0.25, 0.3) is 0 Å². The van der Waals surface area contributed by atoms with Gasteiger partial charge in [0.15, 0.2) is 0 Å².